The predicted molar refractivity (Wildman–Crippen MR) is 38.4 cm³/mol. The number of piperidine rings is 1. The van der Waals surface area contributed by atoms with Gasteiger partial charge in [0.25, 0.3) is 0 Å². The minimum absolute atomic E-state index is 0.288. The van der Waals surface area contributed by atoms with Crippen LogP contribution in [-0.2, 0) is 4.79 Å². The zero-order valence-corrected chi connectivity index (χ0v) is 6.42. The molecule has 1 saturated carbocycles. The summed E-state index contributed by atoms with van der Waals surface area (Å²) in [4.78, 5) is 11.1. The highest BCUT2D eigenvalue weighted by atomic mass is 16.2. The Balaban J connectivity index is 2.24. The molecule has 0 radical (unpaired) electrons. The van der Waals surface area contributed by atoms with Gasteiger partial charge in [-0.25, -0.2) is 0 Å². The van der Waals surface area contributed by atoms with Crippen LogP contribution in [0.5, 0.6) is 0 Å². The van der Waals surface area contributed by atoms with Crippen LogP contribution in [-0.4, -0.2) is 11.9 Å². The molecule has 1 aliphatic heterocycles. The normalized spacial score (nSPS) is 51.6. The fourth-order valence-corrected chi connectivity index (χ4v) is 2.26. The van der Waals surface area contributed by atoms with E-state index in [4.69, 9.17) is 0 Å². The van der Waals surface area contributed by atoms with Gasteiger partial charge in [-0.15, -0.1) is 0 Å². The monoisotopic (exact) mass is 139 g/mol. The Labute approximate surface area is 61.0 Å². The van der Waals surface area contributed by atoms with Crippen molar-refractivity contribution in [2.75, 3.05) is 0 Å². The van der Waals surface area contributed by atoms with Gasteiger partial charge < -0.3 is 5.32 Å². The summed E-state index contributed by atoms with van der Waals surface area (Å²) in [6, 6.07) is 0.493. The molecule has 0 aromatic carbocycles. The Hall–Kier alpha value is -0.530. The van der Waals surface area contributed by atoms with Crippen molar-refractivity contribution in [1.29, 1.82) is 0 Å². The van der Waals surface area contributed by atoms with Gasteiger partial charge in [-0.05, 0) is 18.3 Å². The van der Waals surface area contributed by atoms with E-state index in [0.29, 0.717) is 23.8 Å². The Morgan fingerprint density at radius 3 is 2.50 bits per heavy atom. The van der Waals surface area contributed by atoms with Crippen molar-refractivity contribution in [2.24, 2.45) is 17.8 Å². The lowest BCUT2D eigenvalue weighted by atomic mass is 9.89. The second-order valence-corrected chi connectivity index (χ2v) is 3.68. The Bertz CT molecular complexity index is 176. The third-order valence-corrected chi connectivity index (χ3v) is 3.27. The second kappa shape index (κ2) is 1.74. The molecule has 2 rings (SSSR count). The summed E-state index contributed by atoms with van der Waals surface area (Å²) in [6.45, 7) is 4.42. The van der Waals surface area contributed by atoms with Crippen molar-refractivity contribution in [3.05, 3.63) is 0 Å². The van der Waals surface area contributed by atoms with Crippen LogP contribution in [0.4, 0.5) is 0 Å². The largest absolute Gasteiger partial charge is 0.353 e. The first kappa shape index (κ1) is 6.20. The summed E-state index contributed by atoms with van der Waals surface area (Å²) >= 11 is 0. The zero-order valence-electron chi connectivity index (χ0n) is 6.42. The Morgan fingerprint density at radius 1 is 1.40 bits per heavy atom. The first-order valence-corrected chi connectivity index (χ1v) is 4.00. The minimum atomic E-state index is 0.288. The van der Waals surface area contributed by atoms with Crippen LogP contribution >= 0.6 is 0 Å². The van der Waals surface area contributed by atoms with Crippen molar-refractivity contribution in [1.82, 2.24) is 5.32 Å². The van der Waals surface area contributed by atoms with Crippen LogP contribution in [0.1, 0.15) is 20.3 Å². The van der Waals surface area contributed by atoms with Crippen molar-refractivity contribution in [3.63, 3.8) is 0 Å². The molecule has 2 heteroatoms. The van der Waals surface area contributed by atoms with E-state index in [-0.39, 0.29) is 5.91 Å². The van der Waals surface area contributed by atoms with Crippen molar-refractivity contribution in [2.45, 2.75) is 26.3 Å². The molecule has 0 unspecified atom stereocenters. The topological polar surface area (TPSA) is 29.1 Å². The molecule has 0 aromatic heterocycles. The molecule has 0 aromatic rings. The summed E-state index contributed by atoms with van der Waals surface area (Å²) in [6.07, 6.45) is 1.08. The van der Waals surface area contributed by atoms with E-state index >= 15 is 0 Å². The minimum Gasteiger partial charge on any atom is -0.353 e. The molecule has 2 nitrogen and oxygen atoms in total. The second-order valence-electron chi connectivity index (χ2n) is 3.68. The highest BCUT2D eigenvalue weighted by Crippen LogP contribution is 2.41. The quantitative estimate of drug-likeness (QED) is 0.528. The summed E-state index contributed by atoms with van der Waals surface area (Å²) in [7, 11) is 0. The molecule has 1 saturated heterocycles. The smallest absolute Gasteiger partial charge is 0.223 e. The van der Waals surface area contributed by atoms with Crippen LogP contribution in [0.25, 0.3) is 0 Å². The molecule has 56 valence electrons. The van der Waals surface area contributed by atoms with Gasteiger partial charge in [0.2, 0.25) is 5.91 Å². The standard InChI is InChI=1S/C8H13NO/c1-4-5(2)7-3-6(4)8(10)9-7/h4-7H,3H2,1-2H3,(H,9,10)/t4-,5+,6-,7+/m0/s1. The molecule has 4 atom stereocenters. The molecular weight excluding hydrogens is 126 g/mol. The lowest BCUT2D eigenvalue weighted by Gasteiger charge is -2.24. The summed E-state index contributed by atoms with van der Waals surface area (Å²) in [5, 5.41) is 2.99. The number of rotatable bonds is 0. The van der Waals surface area contributed by atoms with Crippen molar-refractivity contribution >= 4 is 5.91 Å². The van der Waals surface area contributed by atoms with Crippen LogP contribution in [0, 0.1) is 17.8 Å². The van der Waals surface area contributed by atoms with E-state index in [1.54, 1.807) is 0 Å². The molecule has 2 bridgehead atoms. The fourth-order valence-electron chi connectivity index (χ4n) is 2.26. The van der Waals surface area contributed by atoms with Crippen molar-refractivity contribution < 1.29 is 4.79 Å². The van der Waals surface area contributed by atoms with Gasteiger partial charge in [-0.2, -0.15) is 0 Å². The highest BCUT2D eigenvalue weighted by Gasteiger charge is 2.47. The molecule has 0 spiro atoms. The lowest BCUT2D eigenvalue weighted by Crippen LogP contribution is -2.40. The van der Waals surface area contributed by atoms with Crippen molar-refractivity contribution in [3.8, 4) is 0 Å². The van der Waals surface area contributed by atoms with E-state index in [9.17, 15) is 4.79 Å². The van der Waals surface area contributed by atoms with Gasteiger partial charge >= 0.3 is 0 Å². The zero-order chi connectivity index (χ0) is 7.30. The number of carbonyl (C=O) groups excluding carboxylic acids is 1. The van der Waals surface area contributed by atoms with Crippen LogP contribution in [0.3, 0.4) is 0 Å². The Kier molecular flexibility index (Phi) is 1.08. The van der Waals surface area contributed by atoms with Crippen LogP contribution in [0.15, 0.2) is 0 Å². The molecule has 1 N–H and O–H groups in total. The fraction of sp³-hybridized carbons (Fsp3) is 0.875. The van der Waals surface area contributed by atoms with Gasteiger partial charge in [0, 0.05) is 12.0 Å². The lowest BCUT2D eigenvalue weighted by molar-refractivity contribution is -0.125. The van der Waals surface area contributed by atoms with E-state index in [1.165, 1.54) is 0 Å². The molecule has 2 aliphatic rings. The third-order valence-electron chi connectivity index (χ3n) is 3.27. The molecule has 1 aliphatic carbocycles. The number of hydrogen-bond acceptors (Lipinski definition) is 1. The van der Waals surface area contributed by atoms with E-state index in [0.717, 1.165) is 6.42 Å². The number of fused-ring (bicyclic) bond motifs is 2. The Morgan fingerprint density at radius 2 is 2.10 bits per heavy atom. The van der Waals surface area contributed by atoms with Gasteiger partial charge in [0.15, 0.2) is 0 Å². The van der Waals surface area contributed by atoms with E-state index < -0.39 is 0 Å². The SMILES string of the molecule is C[C@@H]1[C@H](C)[C@@H]2C[C@H]1NC2=O. The first-order chi connectivity index (χ1) is 4.70. The number of amides is 1. The number of nitrogens with one attached hydrogen (secondary N) is 1. The third kappa shape index (κ3) is 0.568. The maximum Gasteiger partial charge on any atom is 0.223 e. The molecule has 10 heavy (non-hydrogen) atoms. The van der Waals surface area contributed by atoms with Gasteiger partial charge in [-0.3, -0.25) is 4.79 Å². The van der Waals surface area contributed by atoms with Crippen LogP contribution < -0.4 is 5.32 Å². The summed E-state index contributed by atoms with van der Waals surface area (Å²) in [5.74, 6) is 1.93. The summed E-state index contributed by atoms with van der Waals surface area (Å²) in [5.41, 5.74) is 0. The number of carbonyl (C=O) groups is 1. The molecular formula is C8H13NO. The molecule has 1 amide bonds. The highest BCUT2D eigenvalue weighted by molar-refractivity contribution is 5.82. The number of hydrogen-bond donors (Lipinski definition) is 1. The first-order valence-electron chi connectivity index (χ1n) is 4.00. The average molecular weight is 139 g/mol. The van der Waals surface area contributed by atoms with Crippen LogP contribution in [0.2, 0.25) is 0 Å². The molecule has 2 fully saturated rings. The van der Waals surface area contributed by atoms with E-state index in [2.05, 4.69) is 19.2 Å². The summed E-state index contributed by atoms with van der Waals surface area (Å²) < 4.78 is 0. The van der Waals surface area contributed by atoms with Gasteiger partial charge in [0.05, 0.1) is 0 Å². The van der Waals surface area contributed by atoms with Gasteiger partial charge in [-0.1, -0.05) is 13.8 Å². The predicted octanol–water partition coefficient (Wildman–Crippen LogP) is 0.777. The maximum absolute atomic E-state index is 11.1. The molecule has 1 heterocycles. The van der Waals surface area contributed by atoms with Gasteiger partial charge in [0.1, 0.15) is 0 Å². The average Bonchev–Trinajstić information content (AvgIpc) is 2.36. The van der Waals surface area contributed by atoms with E-state index in [1.807, 2.05) is 0 Å². The maximum atomic E-state index is 11.1.